The minimum absolute atomic E-state index is 0.283. The van der Waals surface area contributed by atoms with E-state index >= 15 is 0 Å². The van der Waals surface area contributed by atoms with Gasteiger partial charge in [0.25, 0.3) is 0 Å². The summed E-state index contributed by atoms with van der Waals surface area (Å²) in [6, 6.07) is 8.19. The number of imidazole rings is 1. The van der Waals surface area contributed by atoms with Gasteiger partial charge in [-0.15, -0.1) is 11.3 Å². The van der Waals surface area contributed by atoms with E-state index in [2.05, 4.69) is 20.3 Å². The van der Waals surface area contributed by atoms with Crippen LogP contribution in [0.1, 0.15) is 17.4 Å². The van der Waals surface area contributed by atoms with Crippen LogP contribution >= 0.6 is 11.3 Å². The van der Waals surface area contributed by atoms with E-state index in [0.29, 0.717) is 17.2 Å². The summed E-state index contributed by atoms with van der Waals surface area (Å²) in [4.78, 5) is 13.0. The summed E-state index contributed by atoms with van der Waals surface area (Å²) in [6.45, 7) is 0. The summed E-state index contributed by atoms with van der Waals surface area (Å²) >= 11 is 1.55. The summed E-state index contributed by atoms with van der Waals surface area (Å²) < 4.78 is 17.2. The smallest absolute Gasteiger partial charge is 0.148 e. The second kappa shape index (κ2) is 6.01. The van der Waals surface area contributed by atoms with Gasteiger partial charge in [-0.05, 0) is 17.5 Å². The number of rotatable bonds is 4. The second-order valence-electron chi connectivity index (χ2n) is 5.35. The number of fused-ring (bicyclic) bond motifs is 1. The number of nitrogens with one attached hydrogen (secondary N) is 1. The number of benzene rings is 1. The molecule has 0 aliphatic heterocycles. The first kappa shape index (κ1) is 14.8. The molecular formula is C17H14FN5S. The van der Waals surface area contributed by atoms with Gasteiger partial charge < -0.3 is 9.88 Å². The molecule has 0 fully saturated rings. The number of thiophene rings is 1. The second-order valence-corrected chi connectivity index (χ2v) is 6.27. The molecule has 3 aromatic heterocycles. The van der Waals surface area contributed by atoms with Gasteiger partial charge in [-0.25, -0.2) is 19.3 Å². The summed E-state index contributed by atoms with van der Waals surface area (Å²) in [5.74, 6) is 1.10. The fourth-order valence-electron chi connectivity index (χ4n) is 2.67. The van der Waals surface area contributed by atoms with Crippen LogP contribution < -0.4 is 5.32 Å². The maximum atomic E-state index is 14.4. The molecule has 4 aromatic rings. The maximum absolute atomic E-state index is 14.4. The van der Waals surface area contributed by atoms with Gasteiger partial charge in [0.2, 0.25) is 0 Å². The molecule has 1 aromatic carbocycles. The van der Waals surface area contributed by atoms with Gasteiger partial charge in [-0.2, -0.15) is 0 Å². The van der Waals surface area contributed by atoms with E-state index in [1.54, 1.807) is 29.7 Å². The Labute approximate surface area is 141 Å². The first-order chi connectivity index (χ1) is 11.7. The number of hydrogen-bond donors (Lipinski definition) is 1. The number of aromatic nitrogens is 4. The summed E-state index contributed by atoms with van der Waals surface area (Å²) in [6.07, 6.45) is 5.05. The van der Waals surface area contributed by atoms with Crippen molar-refractivity contribution in [3.63, 3.8) is 0 Å². The number of nitrogens with zero attached hydrogens (tertiary/aromatic N) is 4. The maximum Gasteiger partial charge on any atom is 0.148 e. The number of anilines is 1. The quantitative estimate of drug-likeness (QED) is 0.615. The summed E-state index contributed by atoms with van der Waals surface area (Å²) in [7, 11) is 1.89. The highest BCUT2D eigenvalue weighted by Gasteiger charge is 2.23. The third kappa shape index (κ3) is 2.52. The molecule has 7 heteroatoms. The van der Waals surface area contributed by atoms with Crippen LogP contribution in [0.15, 0.2) is 54.4 Å². The molecule has 5 nitrogen and oxygen atoms in total. The van der Waals surface area contributed by atoms with Gasteiger partial charge in [0, 0.05) is 25.0 Å². The predicted molar refractivity (Wildman–Crippen MR) is 92.5 cm³/mol. The molecule has 0 amide bonds. The van der Waals surface area contributed by atoms with Crippen LogP contribution in [-0.2, 0) is 7.05 Å². The van der Waals surface area contributed by atoms with Crippen LogP contribution in [-0.4, -0.2) is 19.5 Å². The van der Waals surface area contributed by atoms with Crippen LogP contribution in [0.25, 0.3) is 10.2 Å². The third-order valence-electron chi connectivity index (χ3n) is 3.86. The van der Waals surface area contributed by atoms with Gasteiger partial charge >= 0.3 is 0 Å². The summed E-state index contributed by atoms with van der Waals surface area (Å²) in [5.41, 5.74) is 1.39. The average Bonchev–Trinajstić information content (AvgIpc) is 3.22. The molecule has 1 atom stereocenters. The van der Waals surface area contributed by atoms with Crippen molar-refractivity contribution in [2.45, 2.75) is 6.04 Å². The molecular weight excluding hydrogens is 325 g/mol. The Morgan fingerprint density at radius 1 is 1.17 bits per heavy atom. The van der Waals surface area contributed by atoms with E-state index in [0.717, 1.165) is 10.2 Å². The molecule has 24 heavy (non-hydrogen) atoms. The van der Waals surface area contributed by atoms with E-state index in [1.165, 1.54) is 12.4 Å². The minimum atomic E-state index is -0.452. The molecule has 0 spiro atoms. The molecule has 0 radical (unpaired) electrons. The van der Waals surface area contributed by atoms with Crippen molar-refractivity contribution in [1.82, 2.24) is 19.5 Å². The van der Waals surface area contributed by atoms with Crippen molar-refractivity contribution in [3.05, 3.63) is 71.6 Å². The first-order valence-electron chi connectivity index (χ1n) is 7.40. The largest absolute Gasteiger partial charge is 0.355 e. The minimum Gasteiger partial charge on any atom is -0.355 e. The highest BCUT2D eigenvalue weighted by molar-refractivity contribution is 7.17. The van der Waals surface area contributed by atoms with E-state index in [-0.39, 0.29) is 5.82 Å². The molecule has 1 N–H and O–H groups in total. The van der Waals surface area contributed by atoms with Crippen LogP contribution in [0.2, 0.25) is 0 Å². The Balaban J connectivity index is 1.83. The lowest BCUT2D eigenvalue weighted by Crippen LogP contribution is -2.18. The standard InChI is InChI=1S/C17H14FN5S/c1-23-8-7-19-17(23)14(11-4-2-3-5-12(11)18)22-16-15-13(6-9-24-15)20-10-21-16/h2-10,14H,1H3,(H,20,21,22)/t14-/m1/s1. The highest BCUT2D eigenvalue weighted by atomic mass is 32.1. The van der Waals surface area contributed by atoms with Crippen molar-refractivity contribution in [2.24, 2.45) is 7.05 Å². The molecule has 3 heterocycles. The lowest BCUT2D eigenvalue weighted by Gasteiger charge is -2.20. The fourth-order valence-corrected chi connectivity index (χ4v) is 3.47. The van der Waals surface area contributed by atoms with Crippen molar-refractivity contribution >= 4 is 27.4 Å². The van der Waals surface area contributed by atoms with Crippen LogP contribution in [0.4, 0.5) is 10.2 Å². The van der Waals surface area contributed by atoms with Gasteiger partial charge in [0.15, 0.2) is 0 Å². The Morgan fingerprint density at radius 3 is 2.83 bits per heavy atom. The zero-order chi connectivity index (χ0) is 16.5. The predicted octanol–water partition coefficient (Wildman–Crippen LogP) is 3.77. The highest BCUT2D eigenvalue weighted by Crippen LogP contribution is 2.31. The number of halogens is 1. The molecule has 4 rings (SSSR count). The molecule has 0 saturated carbocycles. The van der Waals surface area contributed by atoms with Crippen LogP contribution in [0, 0.1) is 5.82 Å². The van der Waals surface area contributed by atoms with Crippen LogP contribution in [0.3, 0.4) is 0 Å². The molecule has 0 unspecified atom stereocenters. The zero-order valence-electron chi connectivity index (χ0n) is 12.8. The van der Waals surface area contributed by atoms with Gasteiger partial charge in [-0.1, -0.05) is 18.2 Å². The topological polar surface area (TPSA) is 55.6 Å². The van der Waals surface area contributed by atoms with Gasteiger partial charge in [0.1, 0.15) is 29.8 Å². The molecule has 0 saturated heterocycles. The Hall–Kier alpha value is -2.80. The van der Waals surface area contributed by atoms with E-state index in [1.807, 2.05) is 35.3 Å². The van der Waals surface area contributed by atoms with E-state index in [9.17, 15) is 4.39 Å². The monoisotopic (exact) mass is 339 g/mol. The Bertz CT molecular complexity index is 993. The zero-order valence-corrected chi connectivity index (χ0v) is 13.7. The molecule has 0 aliphatic carbocycles. The number of aryl methyl sites for hydroxylation is 1. The average molecular weight is 339 g/mol. The fraction of sp³-hybridized carbons (Fsp3) is 0.118. The lowest BCUT2D eigenvalue weighted by molar-refractivity contribution is 0.596. The normalized spacial score (nSPS) is 12.4. The van der Waals surface area contributed by atoms with Crippen molar-refractivity contribution in [3.8, 4) is 0 Å². The summed E-state index contributed by atoms with van der Waals surface area (Å²) in [5, 5.41) is 5.31. The molecule has 120 valence electrons. The lowest BCUT2D eigenvalue weighted by atomic mass is 10.1. The first-order valence-corrected chi connectivity index (χ1v) is 8.28. The molecule has 0 bridgehead atoms. The van der Waals surface area contributed by atoms with Crippen molar-refractivity contribution in [1.29, 1.82) is 0 Å². The Morgan fingerprint density at radius 2 is 2.04 bits per heavy atom. The van der Waals surface area contributed by atoms with E-state index < -0.39 is 6.04 Å². The number of hydrogen-bond acceptors (Lipinski definition) is 5. The van der Waals surface area contributed by atoms with E-state index in [4.69, 9.17) is 0 Å². The van der Waals surface area contributed by atoms with Crippen molar-refractivity contribution in [2.75, 3.05) is 5.32 Å². The van der Waals surface area contributed by atoms with Crippen LogP contribution in [0.5, 0.6) is 0 Å². The third-order valence-corrected chi connectivity index (χ3v) is 4.77. The van der Waals surface area contributed by atoms with Gasteiger partial charge in [0.05, 0.1) is 10.2 Å². The molecule has 0 aliphatic rings. The van der Waals surface area contributed by atoms with Gasteiger partial charge in [-0.3, -0.25) is 0 Å². The van der Waals surface area contributed by atoms with Crippen molar-refractivity contribution < 1.29 is 4.39 Å². The SMILES string of the molecule is Cn1ccnc1[C@H](Nc1ncnc2ccsc12)c1ccccc1F. The Kier molecular flexibility index (Phi) is 3.70.